The number of rotatable bonds is 4. The summed E-state index contributed by atoms with van der Waals surface area (Å²) in [7, 11) is -2.18. The van der Waals surface area contributed by atoms with Gasteiger partial charge in [-0.2, -0.15) is 17.0 Å². The summed E-state index contributed by atoms with van der Waals surface area (Å²) < 4.78 is 27.5. The van der Waals surface area contributed by atoms with E-state index in [4.69, 9.17) is 0 Å². The van der Waals surface area contributed by atoms with Crippen LogP contribution in [0.4, 0.5) is 0 Å². The first-order valence-electron chi connectivity index (χ1n) is 6.74. The molecule has 1 aliphatic heterocycles. The predicted octanol–water partition coefficient (Wildman–Crippen LogP) is 0.756. The zero-order valence-electron chi connectivity index (χ0n) is 11.6. The van der Waals surface area contributed by atoms with Gasteiger partial charge >= 0.3 is 5.97 Å². The molecule has 2 aliphatic rings. The molecule has 1 aliphatic carbocycles. The van der Waals surface area contributed by atoms with Crippen molar-refractivity contribution in [3.05, 3.63) is 0 Å². The van der Waals surface area contributed by atoms with Gasteiger partial charge < -0.3 is 5.11 Å². The number of carboxylic acid groups (broad SMARTS) is 1. The molecule has 0 amide bonds. The van der Waals surface area contributed by atoms with Crippen LogP contribution in [0.3, 0.4) is 0 Å². The van der Waals surface area contributed by atoms with Gasteiger partial charge in [0, 0.05) is 19.6 Å². The van der Waals surface area contributed by atoms with Crippen LogP contribution in [0.25, 0.3) is 0 Å². The van der Waals surface area contributed by atoms with Crippen LogP contribution in [0.2, 0.25) is 0 Å². The number of carboxylic acids is 1. The summed E-state index contributed by atoms with van der Waals surface area (Å²) in [4.78, 5) is 11.5. The van der Waals surface area contributed by atoms with E-state index in [0.717, 1.165) is 19.3 Å². The molecule has 1 heterocycles. The second-order valence-electron chi connectivity index (χ2n) is 5.83. The third kappa shape index (κ3) is 2.39. The number of nitrogens with zero attached hydrogens (tertiary/aromatic N) is 2. The van der Waals surface area contributed by atoms with Crippen molar-refractivity contribution in [1.82, 2.24) is 8.61 Å². The van der Waals surface area contributed by atoms with Crippen molar-refractivity contribution in [2.45, 2.75) is 45.2 Å². The average Bonchev–Trinajstić information content (AvgIpc) is 2.85. The molecule has 2 rings (SSSR count). The molecule has 3 unspecified atom stereocenters. The SMILES string of the molecule is CC(C)N(C)S(=O)(=O)N1CC2CCCC2C1C(=O)O. The van der Waals surface area contributed by atoms with Crippen LogP contribution in [0, 0.1) is 11.8 Å². The Morgan fingerprint density at radius 1 is 1.37 bits per heavy atom. The maximum Gasteiger partial charge on any atom is 0.322 e. The topological polar surface area (TPSA) is 77.9 Å². The first kappa shape index (κ1) is 14.7. The highest BCUT2D eigenvalue weighted by atomic mass is 32.2. The zero-order chi connectivity index (χ0) is 14.4. The van der Waals surface area contributed by atoms with Gasteiger partial charge in [0.1, 0.15) is 6.04 Å². The normalized spacial score (nSPS) is 32.2. The monoisotopic (exact) mass is 290 g/mol. The molecule has 0 aromatic heterocycles. The highest BCUT2D eigenvalue weighted by Gasteiger charge is 2.53. The minimum atomic E-state index is -3.69. The third-order valence-corrected chi connectivity index (χ3v) is 6.61. The Hall–Kier alpha value is -0.660. The van der Waals surface area contributed by atoms with E-state index < -0.39 is 22.2 Å². The highest BCUT2D eigenvalue weighted by molar-refractivity contribution is 7.86. The van der Waals surface area contributed by atoms with Crippen molar-refractivity contribution < 1.29 is 18.3 Å². The van der Waals surface area contributed by atoms with Crippen molar-refractivity contribution in [2.24, 2.45) is 11.8 Å². The van der Waals surface area contributed by atoms with Crippen molar-refractivity contribution >= 4 is 16.2 Å². The Balaban J connectivity index is 2.31. The standard InChI is InChI=1S/C12H22N2O4S/c1-8(2)13(3)19(17,18)14-7-9-5-4-6-10(9)11(14)12(15)16/h8-11H,4-7H2,1-3H3,(H,15,16). The van der Waals surface area contributed by atoms with Crippen LogP contribution in [0.5, 0.6) is 0 Å². The molecule has 7 heteroatoms. The molecule has 0 aromatic rings. The number of hydrogen-bond donors (Lipinski definition) is 1. The predicted molar refractivity (Wildman–Crippen MR) is 70.8 cm³/mol. The summed E-state index contributed by atoms with van der Waals surface area (Å²) in [5.74, 6) is -0.834. The summed E-state index contributed by atoms with van der Waals surface area (Å²) in [6.45, 7) is 3.91. The Morgan fingerprint density at radius 2 is 2.00 bits per heavy atom. The van der Waals surface area contributed by atoms with E-state index in [9.17, 15) is 18.3 Å². The third-order valence-electron chi connectivity index (χ3n) is 4.49. The maximum atomic E-state index is 12.5. The number of hydrogen-bond acceptors (Lipinski definition) is 3. The smallest absolute Gasteiger partial charge is 0.322 e. The van der Waals surface area contributed by atoms with Crippen molar-refractivity contribution in [2.75, 3.05) is 13.6 Å². The lowest BCUT2D eigenvalue weighted by molar-refractivity contribution is -0.142. The summed E-state index contributed by atoms with van der Waals surface area (Å²) >= 11 is 0. The minimum Gasteiger partial charge on any atom is -0.480 e. The fraction of sp³-hybridized carbons (Fsp3) is 0.917. The van der Waals surface area contributed by atoms with Gasteiger partial charge in [0.05, 0.1) is 0 Å². The largest absolute Gasteiger partial charge is 0.480 e. The van der Waals surface area contributed by atoms with E-state index in [1.54, 1.807) is 13.8 Å². The average molecular weight is 290 g/mol. The van der Waals surface area contributed by atoms with E-state index in [0.29, 0.717) is 6.54 Å². The molecular formula is C12H22N2O4S. The summed E-state index contributed by atoms with van der Waals surface area (Å²) in [5.41, 5.74) is 0. The van der Waals surface area contributed by atoms with E-state index in [-0.39, 0.29) is 17.9 Å². The Kier molecular flexibility index (Phi) is 3.90. The Morgan fingerprint density at radius 3 is 2.53 bits per heavy atom. The molecule has 1 saturated heterocycles. The minimum absolute atomic E-state index is 0.0205. The summed E-state index contributed by atoms with van der Waals surface area (Å²) in [6, 6.07) is -1.07. The van der Waals surface area contributed by atoms with Gasteiger partial charge in [-0.05, 0) is 38.5 Å². The zero-order valence-corrected chi connectivity index (χ0v) is 12.4. The molecule has 0 aromatic carbocycles. The first-order valence-corrected chi connectivity index (χ1v) is 8.14. The summed E-state index contributed by atoms with van der Waals surface area (Å²) in [6.07, 6.45) is 2.76. The van der Waals surface area contributed by atoms with Crippen LogP contribution in [-0.4, -0.2) is 53.8 Å². The lowest BCUT2D eigenvalue weighted by Crippen LogP contribution is -2.50. The van der Waals surface area contributed by atoms with Crippen molar-refractivity contribution in [3.63, 3.8) is 0 Å². The lowest BCUT2D eigenvalue weighted by atomic mass is 9.94. The van der Waals surface area contributed by atoms with E-state index in [1.807, 2.05) is 0 Å². The molecule has 1 N–H and O–H groups in total. The Labute approximate surface area is 114 Å². The van der Waals surface area contributed by atoms with Crippen molar-refractivity contribution in [1.29, 1.82) is 0 Å². The number of fused-ring (bicyclic) bond motifs is 1. The van der Waals surface area contributed by atoms with Crippen LogP contribution in [0.1, 0.15) is 33.1 Å². The molecule has 3 atom stereocenters. The molecule has 0 radical (unpaired) electrons. The molecule has 19 heavy (non-hydrogen) atoms. The summed E-state index contributed by atoms with van der Waals surface area (Å²) in [5, 5.41) is 9.39. The molecule has 0 bridgehead atoms. The van der Waals surface area contributed by atoms with E-state index >= 15 is 0 Å². The molecule has 1 saturated carbocycles. The van der Waals surface area contributed by atoms with Crippen LogP contribution in [-0.2, 0) is 15.0 Å². The molecular weight excluding hydrogens is 268 g/mol. The lowest BCUT2D eigenvalue weighted by Gasteiger charge is -2.30. The van der Waals surface area contributed by atoms with Crippen LogP contribution < -0.4 is 0 Å². The van der Waals surface area contributed by atoms with Crippen LogP contribution in [0.15, 0.2) is 0 Å². The van der Waals surface area contributed by atoms with Gasteiger partial charge in [-0.25, -0.2) is 0 Å². The highest BCUT2D eigenvalue weighted by Crippen LogP contribution is 2.43. The molecule has 2 fully saturated rings. The van der Waals surface area contributed by atoms with Gasteiger partial charge in [-0.3, -0.25) is 4.79 Å². The van der Waals surface area contributed by atoms with Crippen LogP contribution >= 0.6 is 0 Å². The quantitative estimate of drug-likeness (QED) is 0.829. The molecule has 0 spiro atoms. The van der Waals surface area contributed by atoms with Gasteiger partial charge in [0.15, 0.2) is 0 Å². The van der Waals surface area contributed by atoms with Gasteiger partial charge in [-0.15, -0.1) is 0 Å². The Bertz CT molecular complexity index is 462. The molecule has 110 valence electrons. The van der Waals surface area contributed by atoms with Crippen molar-refractivity contribution in [3.8, 4) is 0 Å². The maximum absolute atomic E-state index is 12.5. The van der Waals surface area contributed by atoms with Gasteiger partial charge in [-0.1, -0.05) is 6.42 Å². The van der Waals surface area contributed by atoms with E-state index in [1.165, 1.54) is 15.7 Å². The fourth-order valence-corrected chi connectivity index (χ4v) is 5.02. The number of carbonyl (C=O) groups is 1. The second kappa shape index (κ2) is 5.03. The molecule has 6 nitrogen and oxygen atoms in total. The fourth-order valence-electron chi connectivity index (χ4n) is 3.24. The number of aliphatic carboxylic acids is 1. The van der Waals surface area contributed by atoms with E-state index in [2.05, 4.69) is 0 Å². The van der Waals surface area contributed by atoms with Gasteiger partial charge in [0.25, 0.3) is 10.2 Å². The first-order chi connectivity index (χ1) is 8.76. The second-order valence-corrected chi connectivity index (χ2v) is 7.77. The van der Waals surface area contributed by atoms with Gasteiger partial charge in [0.2, 0.25) is 0 Å².